The highest BCUT2D eigenvalue weighted by atomic mass is 16.4. The molecule has 0 aliphatic carbocycles. The predicted molar refractivity (Wildman–Crippen MR) is 136 cm³/mol. The highest BCUT2D eigenvalue weighted by Gasteiger charge is 2.40. The molecule has 0 aromatic heterocycles. The predicted octanol–water partition coefficient (Wildman–Crippen LogP) is 5.83. The summed E-state index contributed by atoms with van der Waals surface area (Å²) < 4.78 is 0.237. The van der Waals surface area contributed by atoms with Crippen molar-refractivity contribution in [1.82, 2.24) is 0 Å². The lowest BCUT2D eigenvalue weighted by molar-refractivity contribution is -0.935. The summed E-state index contributed by atoms with van der Waals surface area (Å²) in [5.41, 5.74) is 0. The van der Waals surface area contributed by atoms with Crippen molar-refractivity contribution in [2.45, 2.75) is 98.3 Å². The number of hydrogen-bond donors (Lipinski definition) is 3. The molecule has 0 amide bonds. The van der Waals surface area contributed by atoms with Crippen LogP contribution in [0.3, 0.4) is 0 Å². The van der Waals surface area contributed by atoms with Gasteiger partial charge >= 0.3 is 17.9 Å². The van der Waals surface area contributed by atoms with E-state index in [0.717, 1.165) is 25.7 Å². The minimum Gasteiger partial charge on any atom is -0.481 e. The van der Waals surface area contributed by atoms with Crippen LogP contribution < -0.4 is 0 Å². The summed E-state index contributed by atoms with van der Waals surface area (Å²) in [6.45, 7) is 9.07. The molecule has 7 heteroatoms. The Morgan fingerprint density at radius 2 is 1.00 bits per heavy atom. The molecule has 3 unspecified atom stereocenters. The van der Waals surface area contributed by atoms with Gasteiger partial charge in [0, 0.05) is 0 Å². The number of nitrogens with zero attached hydrogens (tertiary/aromatic N) is 1. The third-order valence-corrected chi connectivity index (χ3v) is 6.99. The van der Waals surface area contributed by atoms with E-state index in [9.17, 15) is 29.7 Å². The average Bonchev–Trinajstić information content (AvgIpc) is 2.79. The molecule has 0 heterocycles. The van der Waals surface area contributed by atoms with Crippen molar-refractivity contribution < 1.29 is 34.2 Å². The lowest BCUT2D eigenvalue weighted by Crippen LogP contribution is -2.58. The third kappa shape index (κ3) is 13.1. The first-order valence-corrected chi connectivity index (χ1v) is 13.3. The molecule has 0 fully saturated rings. The van der Waals surface area contributed by atoms with Gasteiger partial charge in [0.1, 0.15) is 17.8 Å². The highest BCUT2D eigenvalue weighted by molar-refractivity contribution is 5.71. The lowest BCUT2D eigenvalue weighted by Gasteiger charge is -2.43. The Bertz CT molecular complexity index is 558. The molecule has 198 valence electrons. The zero-order valence-corrected chi connectivity index (χ0v) is 22.0. The fourth-order valence-electron chi connectivity index (χ4n) is 4.68. The number of carboxylic acid groups (broad SMARTS) is 3. The zero-order chi connectivity index (χ0) is 26.0. The summed E-state index contributed by atoms with van der Waals surface area (Å²) in [5, 5.41) is 29.2. The Kier molecular flexibility index (Phi) is 17.4. The largest absolute Gasteiger partial charge is 0.481 e. The van der Waals surface area contributed by atoms with Gasteiger partial charge in [0.2, 0.25) is 0 Å². The quantitative estimate of drug-likeness (QED) is 0.101. The van der Waals surface area contributed by atoms with Crippen molar-refractivity contribution in [3.8, 4) is 0 Å². The molecule has 0 aromatic carbocycles. The summed E-state index contributed by atoms with van der Waals surface area (Å²) in [4.78, 5) is 35.6. The van der Waals surface area contributed by atoms with Crippen LogP contribution in [0.25, 0.3) is 0 Å². The van der Waals surface area contributed by atoms with E-state index in [2.05, 4.69) is 19.1 Å². The molecule has 0 bridgehead atoms. The van der Waals surface area contributed by atoms with Gasteiger partial charge < -0.3 is 19.8 Å². The highest BCUT2D eigenvalue weighted by Crippen LogP contribution is 2.25. The van der Waals surface area contributed by atoms with Crippen LogP contribution in [-0.2, 0) is 14.4 Å². The van der Waals surface area contributed by atoms with Crippen LogP contribution in [0.1, 0.15) is 98.3 Å². The Morgan fingerprint density at radius 3 is 1.32 bits per heavy atom. The Morgan fingerprint density at radius 1 is 0.618 bits per heavy atom. The summed E-state index contributed by atoms with van der Waals surface area (Å²) in [7, 11) is 0. The number of hydrogen-bond acceptors (Lipinski definition) is 3. The average molecular weight is 485 g/mol. The molecular formula is C27H50NO6+. The summed E-state index contributed by atoms with van der Waals surface area (Å²) in [6, 6.07) is 0. The fraction of sp³-hybridized carbons (Fsp3) is 0.815. The van der Waals surface area contributed by atoms with E-state index in [0.29, 0.717) is 25.8 Å². The molecule has 0 rings (SSSR count). The van der Waals surface area contributed by atoms with E-state index in [1.807, 2.05) is 20.8 Å². The van der Waals surface area contributed by atoms with Crippen LogP contribution in [0.4, 0.5) is 0 Å². The number of rotatable bonds is 22. The van der Waals surface area contributed by atoms with E-state index < -0.39 is 35.7 Å². The maximum Gasteiger partial charge on any atom is 0.312 e. The second-order valence-corrected chi connectivity index (χ2v) is 9.76. The van der Waals surface area contributed by atoms with Crippen molar-refractivity contribution in [3.63, 3.8) is 0 Å². The maximum atomic E-state index is 11.9. The molecule has 0 aliphatic heterocycles. The van der Waals surface area contributed by atoms with Gasteiger partial charge in [-0.2, -0.15) is 0 Å². The number of quaternary nitrogens is 1. The Balaban J connectivity index is 5.52. The molecule has 7 nitrogen and oxygen atoms in total. The van der Waals surface area contributed by atoms with Crippen LogP contribution in [-0.4, -0.2) is 63.9 Å². The van der Waals surface area contributed by atoms with E-state index in [-0.39, 0.29) is 24.1 Å². The molecule has 0 radical (unpaired) electrons. The first-order valence-electron chi connectivity index (χ1n) is 13.3. The lowest BCUT2D eigenvalue weighted by atomic mass is 9.95. The minimum absolute atomic E-state index is 0.237. The van der Waals surface area contributed by atoms with Crippen molar-refractivity contribution >= 4 is 17.9 Å². The van der Waals surface area contributed by atoms with Crippen LogP contribution in [0.15, 0.2) is 12.2 Å². The van der Waals surface area contributed by atoms with Gasteiger partial charge in [0.25, 0.3) is 0 Å². The van der Waals surface area contributed by atoms with E-state index >= 15 is 0 Å². The molecule has 0 aliphatic rings. The van der Waals surface area contributed by atoms with Crippen molar-refractivity contribution in [1.29, 1.82) is 0 Å². The molecule has 0 saturated carbocycles. The molecule has 3 N–H and O–H groups in total. The Labute approximate surface area is 206 Å². The van der Waals surface area contributed by atoms with Gasteiger partial charge in [0.15, 0.2) is 0 Å². The standard InChI is InChI=1S/C27H49NO6/c1-5-9-10-11-12-13-14-15-16-17-18-28(19-22(6-2)25(29)30,20-23(7-3)26(31)32)21-24(8-4)27(33)34/h13-14,22-24H,5-12,15-21H2,1-4H3,(H2-,29,30,31,32,33,34)/p+1/b14-13+. The van der Waals surface area contributed by atoms with Crippen LogP contribution in [0.2, 0.25) is 0 Å². The third-order valence-electron chi connectivity index (χ3n) is 6.99. The normalized spacial score (nSPS) is 16.1. The molecule has 34 heavy (non-hydrogen) atoms. The second-order valence-electron chi connectivity index (χ2n) is 9.76. The number of unbranched alkanes of at least 4 members (excludes halogenated alkanes) is 6. The number of aliphatic carboxylic acids is 3. The summed E-state index contributed by atoms with van der Waals surface area (Å²) in [6.07, 6.45) is 14.4. The zero-order valence-electron chi connectivity index (χ0n) is 22.0. The van der Waals surface area contributed by atoms with E-state index in [4.69, 9.17) is 0 Å². The Hall–Kier alpha value is -1.89. The first-order chi connectivity index (χ1) is 16.2. The SMILES string of the molecule is CCCCCC/C=C/CCCC[N+](CC(CC)C(=O)O)(CC(CC)C(=O)O)CC(CC)C(=O)O. The van der Waals surface area contributed by atoms with Gasteiger partial charge in [0.05, 0.1) is 26.2 Å². The molecule has 0 saturated heterocycles. The van der Waals surface area contributed by atoms with E-state index in [1.165, 1.54) is 25.7 Å². The topological polar surface area (TPSA) is 112 Å². The monoisotopic (exact) mass is 484 g/mol. The first kappa shape index (κ1) is 32.1. The van der Waals surface area contributed by atoms with Gasteiger partial charge in [-0.1, -0.05) is 59.1 Å². The van der Waals surface area contributed by atoms with Crippen LogP contribution >= 0.6 is 0 Å². The second kappa shape index (κ2) is 18.4. The minimum atomic E-state index is -0.900. The van der Waals surface area contributed by atoms with Crippen LogP contribution in [0, 0.1) is 17.8 Å². The fourth-order valence-corrected chi connectivity index (χ4v) is 4.68. The van der Waals surface area contributed by atoms with Crippen molar-refractivity contribution in [3.05, 3.63) is 12.2 Å². The van der Waals surface area contributed by atoms with Gasteiger partial charge in [-0.3, -0.25) is 14.4 Å². The molecular weight excluding hydrogens is 434 g/mol. The van der Waals surface area contributed by atoms with Crippen molar-refractivity contribution in [2.75, 3.05) is 26.2 Å². The maximum absolute atomic E-state index is 11.9. The number of allylic oxidation sites excluding steroid dienone is 2. The summed E-state index contributed by atoms with van der Waals surface area (Å²) >= 11 is 0. The molecule has 0 aromatic rings. The molecule has 3 atom stereocenters. The smallest absolute Gasteiger partial charge is 0.312 e. The number of carbonyl (C=O) groups is 3. The van der Waals surface area contributed by atoms with Crippen molar-refractivity contribution in [2.24, 2.45) is 17.8 Å². The van der Waals surface area contributed by atoms with Gasteiger partial charge in [-0.05, 0) is 51.4 Å². The summed E-state index contributed by atoms with van der Waals surface area (Å²) in [5.74, 6) is -4.57. The van der Waals surface area contributed by atoms with Gasteiger partial charge in [-0.25, -0.2) is 0 Å². The number of carboxylic acids is 3. The molecule has 0 spiro atoms. The van der Waals surface area contributed by atoms with Gasteiger partial charge in [-0.15, -0.1) is 0 Å². The van der Waals surface area contributed by atoms with E-state index in [1.54, 1.807) is 0 Å². The van der Waals surface area contributed by atoms with Crippen LogP contribution in [0.5, 0.6) is 0 Å².